The van der Waals surface area contributed by atoms with Crippen LogP contribution in [0.2, 0.25) is 0 Å². The van der Waals surface area contributed by atoms with Crippen LogP contribution in [0, 0.1) is 11.3 Å². The topological polar surface area (TPSA) is 147 Å². The predicted octanol–water partition coefficient (Wildman–Crippen LogP) is 2.90. The lowest BCUT2D eigenvalue weighted by Crippen LogP contribution is -2.60. The van der Waals surface area contributed by atoms with Gasteiger partial charge in [-0.05, 0) is 24.0 Å². The van der Waals surface area contributed by atoms with E-state index >= 15 is 0 Å². The molecule has 1 fully saturated rings. The number of esters is 1. The van der Waals surface area contributed by atoms with E-state index in [0.29, 0.717) is 0 Å². The molecule has 2 aromatic carbocycles. The number of benzene rings is 2. The second kappa shape index (κ2) is 12.9. The molecule has 1 aliphatic rings. The SMILES string of the molecule is CC(=O)OC1NC(=O)C1CCCN(C(=N)NC(=O)OCc1ccccc1)C(=O)OCc1ccccc1. The maximum Gasteiger partial charge on any atom is 0.416 e. The minimum atomic E-state index is -0.905. The fraction of sp³-hybridized carbons (Fsp3) is 0.320. The number of alkyl carbamates (subject to hydrolysis) is 1. The van der Waals surface area contributed by atoms with Gasteiger partial charge in [0.25, 0.3) is 0 Å². The van der Waals surface area contributed by atoms with Crippen LogP contribution in [0.15, 0.2) is 60.7 Å². The van der Waals surface area contributed by atoms with E-state index in [1.807, 2.05) is 12.1 Å². The Morgan fingerprint density at radius 2 is 1.56 bits per heavy atom. The lowest BCUT2D eigenvalue weighted by atomic mass is 9.93. The van der Waals surface area contributed by atoms with Crippen LogP contribution < -0.4 is 10.6 Å². The quantitative estimate of drug-likeness (QED) is 0.159. The zero-order valence-electron chi connectivity index (χ0n) is 19.8. The molecule has 1 saturated heterocycles. The maximum absolute atomic E-state index is 12.8. The van der Waals surface area contributed by atoms with Crippen LogP contribution in [-0.2, 0) is 37.0 Å². The number of nitrogens with one attached hydrogen (secondary N) is 3. The first kappa shape index (κ1) is 26.2. The second-order valence-electron chi connectivity index (χ2n) is 8.01. The Labute approximate surface area is 208 Å². The highest BCUT2D eigenvalue weighted by molar-refractivity contribution is 5.99. The molecule has 3 rings (SSSR count). The van der Waals surface area contributed by atoms with Gasteiger partial charge >= 0.3 is 18.2 Å². The fourth-order valence-corrected chi connectivity index (χ4v) is 3.45. The minimum Gasteiger partial charge on any atom is -0.444 e. The Morgan fingerprint density at radius 3 is 2.11 bits per heavy atom. The molecule has 3 amide bonds. The second-order valence-corrected chi connectivity index (χ2v) is 8.01. The lowest BCUT2D eigenvalue weighted by molar-refractivity contribution is -0.167. The lowest BCUT2D eigenvalue weighted by Gasteiger charge is -2.35. The van der Waals surface area contributed by atoms with E-state index in [1.165, 1.54) is 6.92 Å². The van der Waals surface area contributed by atoms with Gasteiger partial charge in [-0.2, -0.15) is 0 Å². The Bertz CT molecular complexity index is 1080. The van der Waals surface area contributed by atoms with Crippen LogP contribution in [-0.4, -0.2) is 47.7 Å². The number of β-lactam (4-membered cyclic amide) rings is 1. The number of rotatable bonds is 9. The molecule has 11 heteroatoms. The van der Waals surface area contributed by atoms with Gasteiger partial charge in [-0.15, -0.1) is 0 Å². The average molecular weight is 497 g/mol. The molecular weight excluding hydrogens is 468 g/mol. The van der Waals surface area contributed by atoms with Crippen LogP contribution in [0.3, 0.4) is 0 Å². The van der Waals surface area contributed by atoms with Crippen LogP contribution in [0.25, 0.3) is 0 Å². The van der Waals surface area contributed by atoms with E-state index in [2.05, 4.69) is 10.6 Å². The molecule has 3 N–H and O–H groups in total. The van der Waals surface area contributed by atoms with E-state index in [0.717, 1.165) is 16.0 Å². The third-order valence-electron chi connectivity index (χ3n) is 5.31. The zero-order valence-corrected chi connectivity index (χ0v) is 19.8. The minimum absolute atomic E-state index is 0.00721. The highest BCUT2D eigenvalue weighted by Gasteiger charge is 2.41. The summed E-state index contributed by atoms with van der Waals surface area (Å²) in [6.07, 6.45) is -1.91. The van der Waals surface area contributed by atoms with E-state index in [9.17, 15) is 19.2 Å². The number of guanidine groups is 1. The number of hydrogen-bond donors (Lipinski definition) is 3. The number of hydrogen-bond acceptors (Lipinski definition) is 8. The smallest absolute Gasteiger partial charge is 0.416 e. The number of nitrogens with zero attached hydrogens (tertiary/aromatic N) is 1. The molecule has 0 spiro atoms. The first-order valence-electron chi connectivity index (χ1n) is 11.4. The molecule has 190 valence electrons. The van der Waals surface area contributed by atoms with E-state index in [1.54, 1.807) is 48.5 Å². The number of ether oxygens (including phenoxy) is 3. The van der Waals surface area contributed by atoms with Crippen LogP contribution >= 0.6 is 0 Å². The van der Waals surface area contributed by atoms with E-state index in [-0.39, 0.29) is 38.5 Å². The van der Waals surface area contributed by atoms with Crippen molar-refractivity contribution < 1.29 is 33.4 Å². The molecule has 0 radical (unpaired) electrons. The van der Waals surface area contributed by atoms with Crippen molar-refractivity contribution >= 4 is 30.0 Å². The van der Waals surface area contributed by atoms with Crippen molar-refractivity contribution in [1.29, 1.82) is 5.41 Å². The van der Waals surface area contributed by atoms with Gasteiger partial charge in [-0.1, -0.05) is 60.7 Å². The molecule has 0 saturated carbocycles. The van der Waals surface area contributed by atoms with Crippen molar-refractivity contribution in [1.82, 2.24) is 15.5 Å². The third-order valence-corrected chi connectivity index (χ3v) is 5.31. The molecule has 2 atom stereocenters. The first-order valence-corrected chi connectivity index (χ1v) is 11.4. The number of carbonyl (C=O) groups excluding carboxylic acids is 4. The van der Waals surface area contributed by atoms with Crippen LogP contribution in [0.5, 0.6) is 0 Å². The molecule has 36 heavy (non-hydrogen) atoms. The Hall–Kier alpha value is -4.41. The molecule has 1 heterocycles. The molecule has 0 bridgehead atoms. The Morgan fingerprint density at radius 1 is 0.972 bits per heavy atom. The summed E-state index contributed by atoms with van der Waals surface area (Å²) in [4.78, 5) is 48.9. The van der Waals surface area contributed by atoms with Gasteiger partial charge in [0.2, 0.25) is 11.9 Å². The van der Waals surface area contributed by atoms with Gasteiger partial charge in [0.1, 0.15) is 13.2 Å². The highest BCUT2D eigenvalue weighted by Crippen LogP contribution is 2.22. The number of carbonyl (C=O) groups is 4. The van der Waals surface area contributed by atoms with Crippen molar-refractivity contribution in [2.45, 2.75) is 39.2 Å². The number of amides is 3. The summed E-state index contributed by atoms with van der Waals surface area (Å²) in [5, 5.41) is 13.0. The predicted molar refractivity (Wildman–Crippen MR) is 127 cm³/mol. The Kier molecular flexibility index (Phi) is 9.38. The summed E-state index contributed by atoms with van der Waals surface area (Å²) in [5.74, 6) is -1.87. The summed E-state index contributed by atoms with van der Waals surface area (Å²) in [5.41, 5.74) is 1.52. The standard InChI is InChI=1S/C25H28N4O7/c1-17(30)36-22-20(21(31)27-22)13-8-14-29(25(33)35-16-19-11-6-3-7-12-19)23(26)28-24(32)34-15-18-9-4-2-5-10-18/h2-7,9-12,20,22H,8,13-16H2,1H3,(H,27,31)(H2,26,28,32). The maximum atomic E-state index is 12.8. The molecule has 0 aliphatic carbocycles. The molecule has 1 aliphatic heterocycles. The summed E-state index contributed by atoms with van der Waals surface area (Å²) in [6, 6.07) is 18.0. The van der Waals surface area contributed by atoms with Crippen molar-refractivity contribution in [2.75, 3.05) is 6.54 Å². The summed E-state index contributed by atoms with van der Waals surface area (Å²) in [7, 11) is 0. The Balaban J connectivity index is 1.56. The highest BCUT2D eigenvalue weighted by atomic mass is 16.6. The van der Waals surface area contributed by atoms with E-state index in [4.69, 9.17) is 19.6 Å². The van der Waals surface area contributed by atoms with Gasteiger partial charge in [0.15, 0.2) is 6.23 Å². The fourth-order valence-electron chi connectivity index (χ4n) is 3.45. The van der Waals surface area contributed by atoms with Crippen molar-refractivity contribution in [3.8, 4) is 0 Å². The van der Waals surface area contributed by atoms with Gasteiger partial charge in [-0.25, -0.2) is 14.5 Å². The van der Waals surface area contributed by atoms with Crippen LogP contribution in [0.4, 0.5) is 9.59 Å². The molecule has 11 nitrogen and oxygen atoms in total. The van der Waals surface area contributed by atoms with Gasteiger partial charge in [-0.3, -0.25) is 20.3 Å². The van der Waals surface area contributed by atoms with Crippen molar-refractivity contribution in [3.63, 3.8) is 0 Å². The molecule has 2 aromatic rings. The largest absolute Gasteiger partial charge is 0.444 e. The average Bonchev–Trinajstić information content (AvgIpc) is 2.86. The van der Waals surface area contributed by atoms with Gasteiger partial charge in [0, 0.05) is 13.5 Å². The third kappa shape index (κ3) is 7.83. The zero-order chi connectivity index (χ0) is 25.9. The summed E-state index contributed by atoms with van der Waals surface area (Å²) in [6.45, 7) is 1.19. The van der Waals surface area contributed by atoms with E-state index < -0.39 is 36.3 Å². The van der Waals surface area contributed by atoms with Gasteiger partial charge < -0.3 is 19.5 Å². The van der Waals surface area contributed by atoms with Crippen LogP contribution in [0.1, 0.15) is 30.9 Å². The summed E-state index contributed by atoms with van der Waals surface area (Å²) >= 11 is 0. The normalized spacial score (nSPS) is 16.1. The van der Waals surface area contributed by atoms with Gasteiger partial charge in [0.05, 0.1) is 5.92 Å². The molecule has 2 unspecified atom stereocenters. The molecule has 0 aromatic heterocycles. The van der Waals surface area contributed by atoms with Crippen molar-refractivity contribution in [2.24, 2.45) is 5.92 Å². The first-order chi connectivity index (χ1) is 17.3. The monoisotopic (exact) mass is 496 g/mol. The van der Waals surface area contributed by atoms with Crippen molar-refractivity contribution in [3.05, 3.63) is 71.8 Å². The molecular formula is C25H28N4O7. The summed E-state index contributed by atoms with van der Waals surface area (Å²) < 4.78 is 15.5.